The Labute approximate surface area is 152 Å². The molecular formula is C19H17F2N3O3. The Morgan fingerprint density at radius 2 is 2.04 bits per heavy atom. The van der Waals surface area contributed by atoms with Crippen LogP contribution in [0.25, 0.3) is 10.9 Å². The Morgan fingerprint density at radius 3 is 2.67 bits per heavy atom. The lowest BCUT2D eigenvalue weighted by Crippen LogP contribution is -2.30. The van der Waals surface area contributed by atoms with Crippen LogP contribution in [-0.4, -0.2) is 20.6 Å². The standard InChI is InChI=1S/C19H17F2N3O3/c1-9-13-5-11(6-17(22)26)19(27)24(15(13)3-4-16(9)25)10(2)18-14(21)7-12(20)8-23-18/h3-5,7-8,10,25H,6H2,1-2H3,(H2,22,26)/t10-/m0/s1. The molecule has 0 fully saturated rings. The van der Waals surface area contributed by atoms with Crippen LogP contribution in [0.4, 0.5) is 8.78 Å². The fourth-order valence-corrected chi connectivity index (χ4v) is 3.15. The molecule has 0 radical (unpaired) electrons. The number of fused-ring (bicyclic) bond motifs is 1. The molecule has 2 aromatic heterocycles. The minimum atomic E-state index is -0.891. The van der Waals surface area contributed by atoms with Crippen molar-refractivity contribution in [3.63, 3.8) is 0 Å². The molecule has 2 heterocycles. The van der Waals surface area contributed by atoms with Gasteiger partial charge in [-0.1, -0.05) is 0 Å². The maximum Gasteiger partial charge on any atom is 0.255 e. The van der Waals surface area contributed by atoms with Crippen molar-refractivity contribution in [1.29, 1.82) is 0 Å². The van der Waals surface area contributed by atoms with E-state index in [0.29, 0.717) is 22.5 Å². The number of pyridine rings is 2. The van der Waals surface area contributed by atoms with Crippen molar-refractivity contribution in [3.8, 4) is 5.75 Å². The third-order valence-corrected chi connectivity index (χ3v) is 4.52. The molecule has 0 aliphatic carbocycles. The summed E-state index contributed by atoms with van der Waals surface area (Å²) in [5.74, 6) is -2.41. The summed E-state index contributed by atoms with van der Waals surface area (Å²) in [6.07, 6.45) is 0.558. The van der Waals surface area contributed by atoms with Crippen LogP contribution in [0.3, 0.4) is 0 Å². The molecule has 27 heavy (non-hydrogen) atoms. The third kappa shape index (κ3) is 3.25. The lowest BCUT2D eigenvalue weighted by Gasteiger charge is -2.20. The summed E-state index contributed by atoms with van der Waals surface area (Å²) >= 11 is 0. The molecule has 3 rings (SSSR count). The van der Waals surface area contributed by atoms with E-state index < -0.39 is 29.1 Å². The predicted molar refractivity (Wildman–Crippen MR) is 95.5 cm³/mol. The van der Waals surface area contributed by atoms with Gasteiger partial charge in [0, 0.05) is 22.6 Å². The van der Waals surface area contributed by atoms with Gasteiger partial charge in [-0.05, 0) is 32.0 Å². The van der Waals surface area contributed by atoms with E-state index in [-0.39, 0.29) is 23.4 Å². The van der Waals surface area contributed by atoms with E-state index in [1.807, 2.05) is 0 Å². The number of amides is 1. The van der Waals surface area contributed by atoms with Gasteiger partial charge in [-0.15, -0.1) is 0 Å². The van der Waals surface area contributed by atoms with Gasteiger partial charge in [0.2, 0.25) is 5.91 Å². The SMILES string of the molecule is Cc1c(O)ccc2c1cc(CC(N)=O)c(=O)n2[C@@H](C)c1ncc(F)cc1F. The fraction of sp³-hybridized carbons (Fsp3) is 0.211. The zero-order chi connectivity index (χ0) is 19.9. The number of halogens is 2. The molecule has 3 N–H and O–H groups in total. The molecule has 0 saturated heterocycles. The maximum absolute atomic E-state index is 14.2. The largest absolute Gasteiger partial charge is 0.508 e. The quantitative estimate of drug-likeness (QED) is 0.733. The van der Waals surface area contributed by atoms with Gasteiger partial charge in [-0.25, -0.2) is 8.78 Å². The number of aromatic nitrogens is 2. The number of phenols is 1. The number of hydrogen-bond donors (Lipinski definition) is 2. The van der Waals surface area contributed by atoms with Crippen LogP contribution in [0.5, 0.6) is 5.75 Å². The molecule has 140 valence electrons. The molecule has 1 aromatic carbocycles. The van der Waals surface area contributed by atoms with Crippen LogP contribution in [-0.2, 0) is 11.2 Å². The highest BCUT2D eigenvalue weighted by Gasteiger charge is 2.22. The first kappa shape index (κ1) is 18.5. The fourth-order valence-electron chi connectivity index (χ4n) is 3.15. The topological polar surface area (TPSA) is 98.2 Å². The molecule has 0 saturated carbocycles. The highest BCUT2D eigenvalue weighted by atomic mass is 19.1. The van der Waals surface area contributed by atoms with Crippen molar-refractivity contribution >= 4 is 16.8 Å². The number of nitrogens with two attached hydrogens (primary N) is 1. The normalized spacial score (nSPS) is 12.3. The van der Waals surface area contributed by atoms with Gasteiger partial charge >= 0.3 is 0 Å². The minimum absolute atomic E-state index is 0.0106. The number of carbonyl (C=O) groups excluding carboxylic acids is 1. The first-order chi connectivity index (χ1) is 12.7. The zero-order valence-electron chi connectivity index (χ0n) is 14.7. The van der Waals surface area contributed by atoms with Gasteiger partial charge in [-0.2, -0.15) is 0 Å². The van der Waals surface area contributed by atoms with Gasteiger partial charge in [0.25, 0.3) is 5.56 Å². The van der Waals surface area contributed by atoms with E-state index >= 15 is 0 Å². The molecule has 0 spiro atoms. The molecule has 0 aliphatic heterocycles. The van der Waals surface area contributed by atoms with E-state index in [1.54, 1.807) is 13.8 Å². The van der Waals surface area contributed by atoms with E-state index in [2.05, 4.69) is 4.98 Å². The third-order valence-electron chi connectivity index (χ3n) is 4.52. The summed E-state index contributed by atoms with van der Waals surface area (Å²) in [5, 5.41) is 10.5. The summed E-state index contributed by atoms with van der Waals surface area (Å²) in [5.41, 5.74) is 5.59. The monoisotopic (exact) mass is 373 g/mol. The van der Waals surface area contributed by atoms with E-state index in [0.717, 1.165) is 6.20 Å². The molecule has 3 aromatic rings. The van der Waals surface area contributed by atoms with Gasteiger partial charge in [-0.3, -0.25) is 19.1 Å². The summed E-state index contributed by atoms with van der Waals surface area (Å²) < 4.78 is 28.7. The Morgan fingerprint density at radius 1 is 1.33 bits per heavy atom. The number of rotatable bonds is 4. The van der Waals surface area contributed by atoms with Gasteiger partial charge in [0.15, 0.2) is 0 Å². The predicted octanol–water partition coefficient (Wildman–Crippen LogP) is 2.33. The smallest absolute Gasteiger partial charge is 0.255 e. The number of carbonyl (C=O) groups is 1. The molecule has 6 nitrogen and oxygen atoms in total. The molecule has 1 atom stereocenters. The number of aromatic hydroxyl groups is 1. The summed E-state index contributed by atoms with van der Waals surface area (Å²) in [7, 11) is 0. The molecule has 1 amide bonds. The van der Waals surface area contributed by atoms with Crippen LogP contribution in [0.15, 0.2) is 35.3 Å². The zero-order valence-corrected chi connectivity index (χ0v) is 14.7. The van der Waals surface area contributed by atoms with Gasteiger partial charge < -0.3 is 10.8 Å². The Bertz CT molecular complexity index is 1130. The van der Waals surface area contributed by atoms with Crippen LogP contribution in [0.1, 0.15) is 29.8 Å². The second-order valence-electron chi connectivity index (χ2n) is 6.33. The number of primary amides is 1. The average Bonchev–Trinajstić information content (AvgIpc) is 2.59. The van der Waals surface area contributed by atoms with Gasteiger partial charge in [0.05, 0.1) is 29.9 Å². The Balaban J connectivity index is 2.36. The van der Waals surface area contributed by atoms with Crippen molar-refractivity contribution in [2.24, 2.45) is 5.73 Å². The van der Waals surface area contributed by atoms with Crippen molar-refractivity contribution in [2.75, 3.05) is 0 Å². The molecule has 8 heteroatoms. The Kier molecular flexibility index (Phi) is 4.65. The summed E-state index contributed by atoms with van der Waals surface area (Å²) in [6, 6.07) is 4.23. The van der Waals surface area contributed by atoms with Crippen molar-refractivity contribution in [1.82, 2.24) is 9.55 Å². The van der Waals surface area contributed by atoms with E-state index in [9.17, 15) is 23.5 Å². The van der Waals surface area contributed by atoms with Crippen LogP contribution >= 0.6 is 0 Å². The Hall–Kier alpha value is -3.29. The average molecular weight is 373 g/mol. The van der Waals surface area contributed by atoms with Crippen molar-refractivity contribution < 1.29 is 18.7 Å². The molecule has 0 unspecified atom stereocenters. The second-order valence-corrected chi connectivity index (χ2v) is 6.33. The van der Waals surface area contributed by atoms with E-state index in [4.69, 9.17) is 5.73 Å². The first-order valence-corrected chi connectivity index (χ1v) is 8.16. The van der Waals surface area contributed by atoms with Crippen LogP contribution in [0, 0.1) is 18.6 Å². The number of hydrogen-bond acceptors (Lipinski definition) is 4. The lowest BCUT2D eigenvalue weighted by atomic mass is 10.0. The highest BCUT2D eigenvalue weighted by molar-refractivity contribution is 5.86. The number of aryl methyl sites for hydroxylation is 1. The van der Waals surface area contributed by atoms with Crippen LogP contribution < -0.4 is 11.3 Å². The van der Waals surface area contributed by atoms with E-state index in [1.165, 1.54) is 22.8 Å². The lowest BCUT2D eigenvalue weighted by molar-refractivity contribution is -0.117. The summed E-state index contributed by atoms with van der Waals surface area (Å²) in [6.45, 7) is 3.20. The van der Waals surface area contributed by atoms with Gasteiger partial charge in [0.1, 0.15) is 17.4 Å². The van der Waals surface area contributed by atoms with Crippen LogP contribution in [0.2, 0.25) is 0 Å². The minimum Gasteiger partial charge on any atom is -0.508 e. The first-order valence-electron chi connectivity index (χ1n) is 8.16. The number of phenolic OH excluding ortho intramolecular Hbond substituents is 1. The second kappa shape index (κ2) is 6.79. The van der Waals surface area contributed by atoms with Crippen molar-refractivity contribution in [2.45, 2.75) is 26.3 Å². The summed E-state index contributed by atoms with van der Waals surface area (Å²) in [4.78, 5) is 28.1. The molecule has 0 bridgehead atoms. The number of nitrogens with zero attached hydrogens (tertiary/aromatic N) is 2. The van der Waals surface area contributed by atoms with Crippen molar-refractivity contribution in [3.05, 3.63) is 69.3 Å². The maximum atomic E-state index is 14.2. The molecular weight excluding hydrogens is 356 g/mol. The molecule has 0 aliphatic rings. The number of benzene rings is 1. The highest BCUT2D eigenvalue weighted by Crippen LogP contribution is 2.29.